The van der Waals surface area contributed by atoms with Crippen molar-refractivity contribution in [3.63, 3.8) is 0 Å². The van der Waals surface area contributed by atoms with Crippen molar-refractivity contribution in [1.82, 2.24) is 16.2 Å². The molecule has 1 aromatic rings. The van der Waals surface area contributed by atoms with Crippen molar-refractivity contribution >= 4 is 51.9 Å². The third-order valence-corrected chi connectivity index (χ3v) is 2.98. The Labute approximate surface area is 128 Å². The summed E-state index contributed by atoms with van der Waals surface area (Å²) in [5.41, 5.74) is 7.33. The van der Waals surface area contributed by atoms with Crippen LogP contribution in [0, 0.1) is 6.92 Å². The maximum Gasteiger partial charge on any atom is 0.189 e. The minimum atomic E-state index is 0.391. The van der Waals surface area contributed by atoms with Crippen LogP contribution in [0.4, 0.5) is 5.69 Å². The lowest BCUT2D eigenvalue weighted by molar-refractivity contribution is 0.839. The minimum absolute atomic E-state index is 0.391. The first-order valence-electron chi connectivity index (χ1n) is 5.51. The molecule has 0 aliphatic rings. The van der Waals surface area contributed by atoms with Crippen LogP contribution in [0.2, 0.25) is 5.02 Å². The van der Waals surface area contributed by atoms with Crippen molar-refractivity contribution in [2.75, 3.05) is 11.9 Å². The number of thiocarbonyl (C=S) groups is 2. The average molecular weight is 315 g/mol. The van der Waals surface area contributed by atoms with Crippen LogP contribution in [0.5, 0.6) is 0 Å². The maximum atomic E-state index is 6.02. The quantitative estimate of drug-likeness (QED) is 0.391. The van der Waals surface area contributed by atoms with Crippen LogP contribution in [-0.4, -0.2) is 16.8 Å². The highest BCUT2D eigenvalue weighted by Gasteiger charge is 2.01. The molecule has 0 fully saturated rings. The molecule has 7 heteroatoms. The van der Waals surface area contributed by atoms with Gasteiger partial charge >= 0.3 is 0 Å². The van der Waals surface area contributed by atoms with Crippen LogP contribution in [0.25, 0.3) is 0 Å². The van der Waals surface area contributed by atoms with Gasteiger partial charge in [-0.15, -0.1) is 6.58 Å². The first kappa shape index (κ1) is 15.7. The summed E-state index contributed by atoms with van der Waals surface area (Å²) in [5.74, 6) is 0. The molecular formula is C12H15ClN4S2. The first-order chi connectivity index (χ1) is 9.02. The van der Waals surface area contributed by atoms with Gasteiger partial charge in [0.15, 0.2) is 10.2 Å². The zero-order chi connectivity index (χ0) is 14.3. The predicted octanol–water partition coefficient (Wildman–Crippen LogP) is 2.50. The number of hydrogen-bond donors (Lipinski definition) is 4. The lowest BCUT2D eigenvalue weighted by atomic mass is 10.2. The molecule has 1 aromatic carbocycles. The number of hydrogen-bond acceptors (Lipinski definition) is 2. The summed E-state index contributed by atoms with van der Waals surface area (Å²) >= 11 is 16.1. The molecule has 0 spiro atoms. The molecule has 4 N–H and O–H groups in total. The van der Waals surface area contributed by atoms with E-state index in [1.165, 1.54) is 0 Å². The van der Waals surface area contributed by atoms with E-state index in [4.69, 9.17) is 36.0 Å². The number of nitrogens with one attached hydrogen (secondary N) is 4. The van der Waals surface area contributed by atoms with Crippen LogP contribution >= 0.6 is 36.0 Å². The van der Waals surface area contributed by atoms with Crippen molar-refractivity contribution in [2.24, 2.45) is 0 Å². The monoisotopic (exact) mass is 314 g/mol. The molecule has 0 aliphatic heterocycles. The molecule has 0 unspecified atom stereocenters. The zero-order valence-electron chi connectivity index (χ0n) is 10.4. The number of aryl methyl sites for hydroxylation is 1. The van der Waals surface area contributed by atoms with Crippen molar-refractivity contribution < 1.29 is 0 Å². The van der Waals surface area contributed by atoms with E-state index in [0.29, 0.717) is 21.8 Å². The van der Waals surface area contributed by atoms with Crippen LogP contribution in [-0.2, 0) is 0 Å². The van der Waals surface area contributed by atoms with E-state index >= 15 is 0 Å². The Morgan fingerprint density at radius 3 is 2.63 bits per heavy atom. The van der Waals surface area contributed by atoms with E-state index in [2.05, 4.69) is 28.1 Å². The SMILES string of the molecule is C=CCNC(=S)NNC(=S)Nc1ccc(C)c(Cl)c1. The van der Waals surface area contributed by atoms with E-state index in [-0.39, 0.29) is 0 Å². The normalized spacial score (nSPS) is 9.37. The second kappa shape index (κ2) is 7.93. The van der Waals surface area contributed by atoms with Gasteiger partial charge in [-0.2, -0.15) is 0 Å². The summed E-state index contributed by atoms with van der Waals surface area (Å²) in [5, 5.41) is 7.40. The van der Waals surface area contributed by atoms with Gasteiger partial charge in [-0.25, -0.2) is 0 Å². The number of anilines is 1. The summed E-state index contributed by atoms with van der Waals surface area (Å²) in [6.07, 6.45) is 1.71. The molecule has 0 saturated heterocycles. The Hall–Kier alpha value is -1.37. The van der Waals surface area contributed by atoms with Crippen molar-refractivity contribution in [3.05, 3.63) is 41.4 Å². The zero-order valence-corrected chi connectivity index (χ0v) is 12.8. The second-order valence-corrected chi connectivity index (χ2v) is 4.89. The van der Waals surface area contributed by atoms with Crippen LogP contribution in [0.1, 0.15) is 5.56 Å². The Kier molecular flexibility index (Phi) is 6.55. The summed E-state index contributed by atoms with van der Waals surface area (Å²) in [6, 6.07) is 5.61. The molecule has 19 heavy (non-hydrogen) atoms. The molecule has 1 rings (SSSR count). The topological polar surface area (TPSA) is 48.1 Å². The molecule has 0 aromatic heterocycles. The summed E-state index contributed by atoms with van der Waals surface area (Å²) < 4.78 is 0. The maximum absolute atomic E-state index is 6.02. The lowest BCUT2D eigenvalue weighted by Crippen LogP contribution is -2.48. The van der Waals surface area contributed by atoms with Crippen molar-refractivity contribution in [2.45, 2.75) is 6.92 Å². The summed E-state index contributed by atoms with van der Waals surface area (Å²) in [7, 11) is 0. The van der Waals surface area contributed by atoms with Crippen LogP contribution < -0.4 is 21.5 Å². The van der Waals surface area contributed by atoms with Gasteiger partial charge in [0.25, 0.3) is 0 Å². The number of benzene rings is 1. The Morgan fingerprint density at radius 2 is 2.00 bits per heavy atom. The smallest absolute Gasteiger partial charge is 0.189 e. The van der Waals surface area contributed by atoms with E-state index in [0.717, 1.165) is 11.3 Å². The highest BCUT2D eigenvalue weighted by molar-refractivity contribution is 7.80. The van der Waals surface area contributed by atoms with Gasteiger partial charge in [-0.05, 0) is 49.1 Å². The largest absolute Gasteiger partial charge is 0.358 e. The van der Waals surface area contributed by atoms with Gasteiger partial charge in [0.2, 0.25) is 0 Å². The molecule has 102 valence electrons. The summed E-state index contributed by atoms with van der Waals surface area (Å²) in [6.45, 7) is 6.10. The van der Waals surface area contributed by atoms with E-state index in [9.17, 15) is 0 Å². The number of hydrazine groups is 1. The Balaban J connectivity index is 2.40. The highest BCUT2D eigenvalue weighted by atomic mass is 35.5. The van der Waals surface area contributed by atoms with E-state index < -0.39 is 0 Å². The molecule has 0 aliphatic carbocycles. The number of rotatable bonds is 3. The fourth-order valence-electron chi connectivity index (χ4n) is 1.16. The van der Waals surface area contributed by atoms with Gasteiger partial charge in [0.05, 0.1) is 0 Å². The average Bonchev–Trinajstić information content (AvgIpc) is 2.38. The third-order valence-electron chi connectivity index (χ3n) is 2.13. The molecule has 0 radical (unpaired) electrons. The third kappa shape index (κ3) is 5.87. The highest BCUT2D eigenvalue weighted by Crippen LogP contribution is 2.19. The fourth-order valence-corrected chi connectivity index (χ4v) is 1.64. The molecule has 0 saturated carbocycles. The molecule has 4 nitrogen and oxygen atoms in total. The van der Waals surface area contributed by atoms with Gasteiger partial charge < -0.3 is 10.6 Å². The first-order valence-corrected chi connectivity index (χ1v) is 6.70. The lowest BCUT2D eigenvalue weighted by Gasteiger charge is -2.14. The fraction of sp³-hybridized carbons (Fsp3) is 0.167. The van der Waals surface area contributed by atoms with E-state index in [1.54, 1.807) is 12.1 Å². The standard InChI is InChI=1S/C12H15ClN4S2/c1-3-6-14-11(18)16-17-12(19)15-9-5-4-8(2)10(13)7-9/h3-5,7H,1,6H2,2H3,(H2,14,16,18)(H2,15,17,19). The van der Waals surface area contributed by atoms with Gasteiger partial charge in [-0.1, -0.05) is 23.7 Å². The predicted molar refractivity (Wildman–Crippen MR) is 89.5 cm³/mol. The van der Waals surface area contributed by atoms with Crippen LogP contribution in [0.3, 0.4) is 0 Å². The van der Waals surface area contributed by atoms with Crippen molar-refractivity contribution in [1.29, 1.82) is 0 Å². The summed E-state index contributed by atoms with van der Waals surface area (Å²) in [4.78, 5) is 0. The molecular weight excluding hydrogens is 300 g/mol. The van der Waals surface area contributed by atoms with Crippen molar-refractivity contribution in [3.8, 4) is 0 Å². The Morgan fingerprint density at radius 1 is 1.32 bits per heavy atom. The van der Waals surface area contributed by atoms with Gasteiger partial charge in [-0.3, -0.25) is 10.9 Å². The molecule has 0 atom stereocenters. The van der Waals surface area contributed by atoms with E-state index in [1.807, 2.05) is 19.1 Å². The molecule has 0 heterocycles. The Bertz CT molecular complexity index is 491. The second-order valence-electron chi connectivity index (χ2n) is 3.67. The molecule has 0 bridgehead atoms. The minimum Gasteiger partial charge on any atom is -0.358 e. The van der Waals surface area contributed by atoms with Gasteiger partial charge in [0.1, 0.15) is 0 Å². The number of halogens is 1. The van der Waals surface area contributed by atoms with Gasteiger partial charge in [0, 0.05) is 17.3 Å². The van der Waals surface area contributed by atoms with Crippen LogP contribution in [0.15, 0.2) is 30.9 Å². The molecule has 0 amide bonds.